The molecule has 2 aliphatic heterocycles. The summed E-state index contributed by atoms with van der Waals surface area (Å²) >= 11 is 0. The van der Waals surface area contributed by atoms with Crippen LogP contribution in [-0.2, 0) is 57.5 Å². The molecule has 2 saturated heterocycles. The Morgan fingerprint density at radius 3 is 1.53 bits per heavy atom. The number of carboxylic acids is 3. The average molecular weight is 1050 g/mol. The molecule has 2 rings (SSSR count). The summed E-state index contributed by atoms with van der Waals surface area (Å²) in [5.41, 5.74) is 22.2. The number of aliphatic carboxylic acids is 3. The van der Waals surface area contributed by atoms with Gasteiger partial charge in [0.25, 0.3) is 0 Å². The molecule has 9 atom stereocenters. The number of carbonyl (C=O) groups is 12. The van der Waals surface area contributed by atoms with E-state index >= 15 is 0 Å². The van der Waals surface area contributed by atoms with E-state index in [0.717, 1.165) is 4.90 Å². The number of guanidine groups is 1. The molecule has 0 aromatic heterocycles. The molecule has 2 aliphatic rings. The number of carboxylic acid groups (broad SMARTS) is 3. The van der Waals surface area contributed by atoms with E-state index < -0.39 is 169 Å². The Morgan fingerprint density at radius 1 is 0.568 bits per heavy atom. The number of rotatable bonds is 31. The molecule has 0 aromatic rings. The number of carbonyl (C=O) groups excluding carboxylic acids is 9. The van der Waals surface area contributed by atoms with E-state index in [-0.39, 0.29) is 63.6 Å². The molecule has 28 heteroatoms. The molecule has 2 heterocycles. The number of amides is 9. The number of nitrogens with one attached hydrogen (secondary N) is 6. The smallest absolute Gasteiger partial charge is 0.326 e. The SMILES string of the molecule is CC(C)C[C@H](NC(=O)[C@@H](N)CCCN=C(N)N)C(=O)N1CCC[C@H]1C(=O)N[C@@H](CCC(=O)O)C(=O)N1CCC[C@H]1C(=O)N[C@@H](CCC(N)=O)C(=O)N[C@@H](CC(=O)O)C(=O)N[C@H](C(=O)N[C@H](C(=O)O)C(C)C)C(C)C. The monoisotopic (exact) mass is 1050 g/mol. The van der Waals surface area contributed by atoms with E-state index in [9.17, 15) is 72.9 Å². The average Bonchev–Trinajstić information content (AvgIpc) is 4.01. The predicted molar refractivity (Wildman–Crippen MR) is 263 cm³/mol. The van der Waals surface area contributed by atoms with Crippen LogP contribution in [0.2, 0.25) is 0 Å². The molecule has 2 fully saturated rings. The maximum Gasteiger partial charge on any atom is 0.326 e. The highest BCUT2D eigenvalue weighted by Crippen LogP contribution is 2.24. The van der Waals surface area contributed by atoms with Gasteiger partial charge in [0.15, 0.2) is 5.96 Å². The summed E-state index contributed by atoms with van der Waals surface area (Å²) in [5, 5.41) is 43.5. The molecule has 0 aliphatic carbocycles. The summed E-state index contributed by atoms with van der Waals surface area (Å²) in [6, 6.07) is -12.4. The van der Waals surface area contributed by atoms with Crippen molar-refractivity contribution >= 4 is 77.0 Å². The van der Waals surface area contributed by atoms with Crippen LogP contribution in [0.3, 0.4) is 0 Å². The van der Waals surface area contributed by atoms with Gasteiger partial charge in [-0.1, -0.05) is 41.5 Å². The van der Waals surface area contributed by atoms with Crippen molar-refractivity contribution in [1.82, 2.24) is 41.7 Å². The van der Waals surface area contributed by atoms with Crippen LogP contribution in [0, 0.1) is 17.8 Å². The number of primary amides is 1. The van der Waals surface area contributed by atoms with Crippen LogP contribution in [0.15, 0.2) is 4.99 Å². The summed E-state index contributed by atoms with van der Waals surface area (Å²) < 4.78 is 0. The fourth-order valence-corrected chi connectivity index (χ4v) is 8.45. The van der Waals surface area contributed by atoms with Crippen LogP contribution in [0.25, 0.3) is 0 Å². The van der Waals surface area contributed by atoms with E-state index in [1.54, 1.807) is 13.8 Å². The third-order valence-electron chi connectivity index (χ3n) is 12.4. The lowest BCUT2D eigenvalue weighted by Gasteiger charge is -2.32. The maximum atomic E-state index is 14.3. The van der Waals surface area contributed by atoms with E-state index in [4.69, 9.17) is 22.9 Å². The van der Waals surface area contributed by atoms with E-state index in [2.05, 4.69) is 36.9 Å². The van der Waals surface area contributed by atoms with E-state index in [1.165, 1.54) is 18.7 Å². The Bertz CT molecular complexity index is 2080. The lowest BCUT2D eigenvalue weighted by atomic mass is 9.99. The summed E-state index contributed by atoms with van der Waals surface area (Å²) in [6.07, 6.45) is -1.51. The van der Waals surface area contributed by atoms with Crippen molar-refractivity contribution in [3.63, 3.8) is 0 Å². The molecule has 9 amide bonds. The second kappa shape index (κ2) is 30.2. The Morgan fingerprint density at radius 2 is 1.05 bits per heavy atom. The van der Waals surface area contributed by atoms with Crippen molar-refractivity contribution in [2.24, 2.45) is 45.7 Å². The van der Waals surface area contributed by atoms with Gasteiger partial charge >= 0.3 is 17.9 Å². The minimum absolute atomic E-state index is 0.0113. The summed E-state index contributed by atoms with van der Waals surface area (Å²) in [7, 11) is 0. The zero-order chi connectivity index (χ0) is 56.1. The number of hydrogen-bond donors (Lipinski definition) is 13. The molecule has 0 saturated carbocycles. The normalized spacial score (nSPS) is 18.2. The molecule has 74 heavy (non-hydrogen) atoms. The standard InChI is InChI=1S/C46H77N13O15/c1-22(2)20-29(55-37(65)25(47)10-7-17-51-46(49)50)44(72)59-19-9-12-31(59)41(69)53-27(14-16-33(61)62)43(71)58-18-8-11-30(58)40(68)52-26(13-15-32(48)60)38(66)54-28(21-34(63)64)39(67)56-35(23(3)4)42(70)57-36(24(5)6)45(73)74/h22-31,35-36H,7-21,47H2,1-6H3,(H2,48,60)(H,52,68)(H,53,69)(H,54,66)(H,55,65)(H,56,67)(H,57,70)(H,61,62)(H,63,64)(H,73,74)(H4,49,50,51)/t25-,26-,27-,28-,29-,30-,31-,35-,36-/m0/s1. The highest BCUT2D eigenvalue weighted by molar-refractivity contribution is 5.99. The number of likely N-dealkylation sites (tertiary alicyclic amines) is 2. The Kier molecular flexibility index (Phi) is 25.7. The molecule has 0 spiro atoms. The summed E-state index contributed by atoms with van der Waals surface area (Å²) in [5.74, 6) is -13.6. The van der Waals surface area contributed by atoms with Gasteiger partial charge in [0, 0.05) is 32.5 Å². The van der Waals surface area contributed by atoms with Crippen LogP contribution in [-0.4, -0.2) is 176 Å². The van der Waals surface area contributed by atoms with Gasteiger partial charge in [-0.3, -0.25) is 57.7 Å². The summed E-state index contributed by atoms with van der Waals surface area (Å²) in [6.45, 7) is 10.1. The van der Waals surface area contributed by atoms with Gasteiger partial charge in [-0.05, 0) is 75.5 Å². The van der Waals surface area contributed by atoms with Crippen molar-refractivity contribution < 1.29 is 72.9 Å². The third-order valence-corrected chi connectivity index (χ3v) is 12.4. The second-order valence-corrected chi connectivity index (χ2v) is 19.6. The number of hydrogen-bond acceptors (Lipinski definition) is 14. The first-order valence-corrected chi connectivity index (χ1v) is 24.7. The predicted octanol–water partition coefficient (Wildman–Crippen LogP) is -3.69. The zero-order valence-electron chi connectivity index (χ0n) is 42.9. The highest BCUT2D eigenvalue weighted by atomic mass is 16.4. The van der Waals surface area contributed by atoms with Crippen molar-refractivity contribution in [1.29, 1.82) is 0 Å². The number of nitrogens with zero attached hydrogens (tertiary/aromatic N) is 3. The minimum Gasteiger partial charge on any atom is -0.481 e. The first kappa shape index (κ1) is 63.0. The zero-order valence-corrected chi connectivity index (χ0v) is 42.9. The fraction of sp³-hybridized carbons (Fsp3) is 0.717. The molecule has 0 radical (unpaired) electrons. The van der Waals surface area contributed by atoms with Crippen LogP contribution in [0.5, 0.6) is 0 Å². The molecule has 0 bridgehead atoms. The lowest BCUT2D eigenvalue weighted by molar-refractivity contribution is -0.145. The van der Waals surface area contributed by atoms with E-state index in [1.807, 2.05) is 13.8 Å². The molecule has 28 nitrogen and oxygen atoms in total. The van der Waals surface area contributed by atoms with Crippen molar-refractivity contribution in [2.75, 3.05) is 19.6 Å². The van der Waals surface area contributed by atoms with Gasteiger partial charge in [-0.15, -0.1) is 0 Å². The fourth-order valence-electron chi connectivity index (χ4n) is 8.45. The number of nitrogens with two attached hydrogens (primary N) is 4. The summed E-state index contributed by atoms with van der Waals surface area (Å²) in [4.78, 5) is 164. The van der Waals surface area contributed by atoms with Gasteiger partial charge in [0.05, 0.1) is 12.5 Å². The molecule has 17 N–H and O–H groups in total. The minimum atomic E-state index is -1.88. The third kappa shape index (κ3) is 20.4. The van der Waals surface area contributed by atoms with Crippen LogP contribution in [0.1, 0.15) is 119 Å². The highest BCUT2D eigenvalue weighted by Gasteiger charge is 2.43. The number of aliphatic imine (C=N–C) groups is 1. The Hall–Kier alpha value is -7.13. The molecule has 416 valence electrons. The van der Waals surface area contributed by atoms with Gasteiger partial charge < -0.3 is 80.0 Å². The second-order valence-electron chi connectivity index (χ2n) is 19.6. The van der Waals surface area contributed by atoms with Gasteiger partial charge in [-0.2, -0.15) is 0 Å². The van der Waals surface area contributed by atoms with Gasteiger partial charge in [0.1, 0.15) is 48.3 Å². The van der Waals surface area contributed by atoms with Crippen molar-refractivity contribution in [3.05, 3.63) is 0 Å². The lowest BCUT2D eigenvalue weighted by Crippen LogP contribution is -2.60. The molecular weight excluding hydrogens is 975 g/mol. The topological polar surface area (TPSA) is 461 Å². The van der Waals surface area contributed by atoms with Gasteiger partial charge in [0.2, 0.25) is 53.2 Å². The molecule has 0 unspecified atom stereocenters. The Labute approximate surface area is 429 Å². The van der Waals surface area contributed by atoms with Crippen LogP contribution in [0.4, 0.5) is 0 Å². The maximum absolute atomic E-state index is 14.3. The first-order chi connectivity index (χ1) is 34.5. The van der Waals surface area contributed by atoms with E-state index in [0.29, 0.717) is 12.8 Å². The van der Waals surface area contributed by atoms with Crippen molar-refractivity contribution in [3.8, 4) is 0 Å². The van der Waals surface area contributed by atoms with Crippen molar-refractivity contribution in [2.45, 2.75) is 173 Å². The molecule has 0 aromatic carbocycles. The first-order valence-electron chi connectivity index (χ1n) is 24.7. The van der Waals surface area contributed by atoms with Gasteiger partial charge in [-0.25, -0.2) is 4.79 Å². The molecular formula is C46H77N13O15. The van der Waals surface area contributed by atoms with Crippen LogP contribution >= 0.6 is 0 Å². The largest absolute Gasteiger partial charge is 0.481 e. The van der Waals surface area contributed by atoms with Crippen LogP contribution < -0.4 is 54.8 Å². The Balaban J connectivity index is 2.35. The quantitative estimate of drug-likeness (QED) is 0.0181.